The van der Waals surface area contributed by atoms with E-state index in [0.29, 0.717) is 23.7 Å². The standard InChI is InChI=1S/C19H22N4O4/c1-11-9-22(7-6-20-11)10-12-2-3-13-14(8-12)19(27)23(18(13)26)15-4-5-16(24)21-17(15)25/h2-3,8,11,15,20H,4-7,9-10H2,1H3,(H,21,24,25)/t11-,15?/m1/s1. The molecule has 8 nitrogen and oxygen atoms in total. The Labute approximate surface area is 156 Å². The summed E-state index contributed by atoms with van der Waals surface area (Å²) in [5, 5.41) is 5.60. The fourth-order valence-electron chi connectivity index (χ4n) is 4.03. The van der Waals surface area contributed by atoms with Crippen LogP contribution < -0.4 is 10.6 Å². The minimum Gasteiger partial charge on any atom is -0.312 e. The summed E-state index contributed by atoms with van der Waals surface area (Å²) < 4.78 is 0. The van der Waals surface area contributed by atoms with Crippen molar-refractivity contribution in [1.82, 2.24) is 20.4 Å². The number of carbonyl (C=O) groups excluding carboxylic acids is 4. The molecule has 4 amide bonds. The molecule has 2 fully saturated rings. The minimum absolute atomic E-state index is 0.121. The first-order chi connectivity index (χ1) is 12.9. The fraction of sp³-hybridized carbons (Fsp3) is 0.474. The number of piperazine rings is 1. The molecule has 3 aliphatic rings. The molecular weight excluding hydrogens is 348 g/mol. The zero-order chi connectivity index (χ0) is 19.1. The molecule has 27 heavy (non-hydrogen) atoms. The van der Waals surface area contributed by atoms with Crippen molar-refractivity contribution in [1.29, 1.82) is 0 Å². The van der Waals surface area contributed by atoms with Gasteiger partial charge in [-0.2, -0.15) is 0 Å². The molecule has 0 saturated carbocycles. The van der Waals surface area contributed by atoms with Gasteiger partial charge in [0.15, 0.2) is 0 Å². The monoisotopic (exact) mass is 370 g/mol. The highest BCUT2D eigenvalue weighted by Crippen LogP contribution is 2.28. The van der Waals surface area contributed by atoms with E-state index in [0.717, 1.165) is 30.1 Å². The number of rotatable bonds is 3. The number of benzene rings is 1. The van der Waals surface area contributed by atoms with E-state index in [1.165, 1.54) is 0 Å². The highest BCUT2D eigenvalue weighted by atomic mass is 16.2. The van der Waals surface area contributed by atoms with E-state index < -0.39 is 23.8 Å². The second-order valence-corrected chi connectivity index (χ2v) is 7.42. The molecule has 0 aromatic heterocycles. The number of imide groups is 2. The number of amides is 4. The lowest BCUT2D eigenvalue weighted by Gasteiger charge is -2.31. The molecule has 2 saturated heterocycles. The molecule has 142 valence electrons. The third-order valence-electron chi connectivity index (χ3n) is 5.36. The first-order valence-electron chi connectivity index (χ1n) is 9.24. The van der Waals surface area contributed by atoms with Crippen molar-refractivity contribution < 1.29 is 19.2 Å². The van der Waals surface area contributed by atoms with Crippen LogP contribution in [0.3, 0.4) is 0 Å². The van der Waals surface area contributed by atoms with Gasteiger partial charge in [-0.05, 0) is 31.0 Å². The Bertz CT molecular complexity index is 837. The lowest BCUT2D eigenvalue weighted by Crippen LogP contribution is -2.54. The zero-order valence-corrected chi connectivity index (χ0v) is 15.2. The van der Waals surface area contributed by atoms with Crippen LogP contribution in [0.15, 0.2) is 18.2 Å². The van der Waals surface area contributed by atoms with Crippen molar-refractivity contribution in [3.63, 3.8) is 0 Å². The van der Waals surface area contributed by atoms with Gasteiger partial charge in [-0.3, -0.25) is 34.3 Å². The van der Waals surface area contributed by atoms with E-state index >= 15 is 0 Å². The van der Waals surface area contributed by atoms with E-state index in [9.17, 15) is 19.2 Å². The van der Waals surface area contributed by atoms with Crippen LogP contribution in [0, 0.1) is 0 Å². The molecule has 0 spiro atoms. The lowest BCUT2D eigenvalue weighted by atomic mass is 10.0. The molecule has 2 atom stereocenters. The first-order valence-corrected chi connectivity index (χ1v) is 9.24. The number of hydrogen-bond acceptors (Lipinski definition) is 6. The van der Waals surface area contributed by atoms with Crippen molar-refractivity contribution >= 4 is 23.6 Å². The molecular formula is C19H22N4O4. The van der Waals surface area contributed by atoms with Crippen LogP contribution >= 0.6 is 0 Å². The van der Waals surface area contributed by atoms with Gasteiger partial charge >= 0.3 is 0 Å². The van der Waals surface area contributed by atoms with Crippen LogP contribution in [0.2, 0.25) is 0 Å². The number of piperidine rings is 1. The summed E-state index contributed by atoms with van der Waals surface area (Å²) in [6.45, 7) is 5.62. The van der Waals surface area contributed by atoms with E-state index in [2.05, 4.69) is 22.5 Å². The summed E-state index contributed by atoms with van der Waals surface area (Å²) in [6.07, 6.45) is 0.290. The van der Waals surface area contributed by atoms with Crippen LogP contribution in [0.5, 0.6) is 0 Å². The van der Waals surface area contributed by atoms with Gasteiger partial charge < -0.3 is 5.32 Å². The number of nitrogens with zero attached hydrogens (tertiary/aromatic N) is 2. The van der Waals surface area contributed by atoms with Crippen LogP contribution in [-0.4, -0.2) is 65.1 Å². The highest BCUT2D eigenvalue weighted by molar-refractivity contribution is 6.23. The normalized spacial score (nSPS) is 26.3. The van der Waals surface area contributed by atoms with E-state index in [1.54, 1.807) is 12.1 Å². The third-order valence-corrected chi connectivity index (χ3v) is 5.36. The van der Waals surface area contributed by atoms with Gasteiger partial charge in [0.1, 0.15) is 6.04 Å². The first kappa shape index (κ1) is 17.8. The Morgan fingerprint density at radius 1 is 1.11 bits per heavy atom. The fourth-order valence-corrected chi connectivity index (χ4v) is 4.03. The third kappa shape index (κ3) is 3.26. The van der Waals surface area contributed by atoms with E-state index in [-0.39, 0.29) is 18.7 Å². The Kier molecular flexibility index (Phi) is 4.53. The smallest absolute Gasteiger partial charge is 0.262 e. The van der Waals surface area contributed by atoms with Gasteiger partial charge in [0, 0.05) is 38.6 Å². The molecule has 0 aliphatic carbocycles. The average molecular weight is 370 g/mol. The topological polar surface area (TPSA) is 98.8 Å². The summed E-state index contributed by atoms with van der Waals surface area (Å²) in [7, 11) is 0. The molecule has 2 N–H and O–H groups in total. The van der Waals surface area contributed by atoms with Gasteiger partial charge in [-0.1, -0.05) is 6.07 Å². The van der Waals surface area contributed by atoms with Crippen LogP contribution in [0.25, 0.3) is 0 Å². The SMILES string of the molecule is C[C@@H]1CN(Cc2ccc3c(c2)C(=O)N(C2CCC(=O)NC2=O)C3=O)CCN1. The van der Waals surface area contributed by atoms with Crippen LogP contribution in [0.1, 0.15) is 46.0 Å². The molecule has 0 radical (unpaired) electrons. The maximum Gasteiger partial charge on any atom is 0.262 e. The summed E-state index contributed by atoms with van der Waals surface area (Å²) in [6, 6.07) is 4.79. The lowest BCUT2D eigenvalue weighted by molar-refractivity contribution is -0.136. The van der Waals surface area contributed by atoms with Crippen molar-refractivity contribution in [3.8, 4) is 0 Å². The van der Waals surface area contributed by atoms with Crippen molar-refractivity contribution in [2.75, 3.05) is 19.6 Å². The van der Waals surface area contributed by atoms with Gasteiger partial charge in [0.2, 0.25) is 11.8 Å². The quantitative estimate of drug-likeness (QED) is 0.720. The molecule has 1 unspecified atom stereocenters. The molecule has 8 heteroatoms. The van der Waals surface area contributed by atoms with E-state index in [4.69, 9.17) is 0 Å². The molecule has 4 rings (SSSR count). The van der Waals surface area contributed by atoms with Gasteiger partial charge in [0.05, 0.1) is 11.1 Å². The van der Waals surface area contributed by atoms with Gasteiger partial charge in [-0.15, -0.1) is 0 Å². The second kappa shape index (κ2) is 6.86. The highest BCUT2D eigenvalue weighted by Gasteiger charge is 2.44. The van der Waals surface area contributed by atoms with Crippen molar-refractivity contribution in [2.45, 2.75) is 38.4 Å². The Balaban J connectivity index is 1.54. The summed E-state index contributed by atoms with van der Waals surface area (Å²) >= 11 is 0. The molecule has 3 heterocycles. The number of hydrogen-bond donors (Lipinski definition) is 2. The predicted molar refractivity (Wildman–Crippen MR) is 95.9 cm³/mol. The number of fused-ring (bicyclic) bond motifs is 1. The van der Waals surface area contributed by atoms with E-state index in [1.807, 2.05) is 6.07 Å². The summed E-state index contributed by atoms with van der Waals surface area (Å²) in [5.41, 5.74) is 1.63. The Morgan fingerprint density at radius 3 is 2.63 bits per heavy atom. The largest absolute Gasteiger partial charge is 0.312 e. The zero-order valence-electron chi connectivity index (χ0n) is 15.2. The van der Waals surface area contributed by atoms with Crippen molar-refractivity contribution in [2.24, 2.45) is 0 Å². The van der Waals surface area contributed by atoms with Crippen LogP contribution in [0.4, 0.5) is 0 Å². The minimum atomic E-state index is -0.924. The van der Waals surface area contributed by atoms with Gasteiger partial charge in [0.25, 0.3) is 11.8 Å². The predicted octanol–water partition coefficient (Wildman–Crippen LogP) is -0.118. The average Bonchev–Trinajstić information content (AvgIpc) is 2.86. The summed E-state index contributed by atoms with van der Waals surface area (Å²) in [4.78, 5) is 52.3. The maximum atomic E-state index is 12.8. The Morgan fingerprint density at radius 2 is 1.89 bits per heavy atom. The maximum absolute atomic E-state index is 12.8. The Hall–Kier alpha value is -2.58. The molecule has 3 aliphatic heterocycles. The summed E-state index contributed by atoms with van der Waals surface area (Å²) in [5.74, 6) is -1.89. The van der Waals surface area contributed by atoms with Gasteiger partial charge in [-0.25, -0.2) is 0 Å². The van der Waals surface area contributed by atoms with Crippen LogP contribution in [-0.2, 0) is 16.1 Å². The molecule has 1 aromatic carbocycles. The second-order valence-electron chi connectivity index (χ2n) is 7.42. The van der Waals surface area contributed by atoms with Crippen molar-refractivity contribution in [3.05, 3.63) is 34.9 Å². The number of carbonyl (C=O) groups is 4. The number of nitrogens with one attached hydrogen (secondary N) is 2. The molecule has 0 bridgehead atoms. The molecule has 1 aromatic rings.